The van der Waals surface area contributed by atoms with Crippen molar-refractivity contribution in [1.82, 2.24) is 0 Å². The molecule has 0 unspecified atom stereocenters. The number of aryl methyl sites for hydroxylation is 1. The van der Waals surface area contributed by atoms with Crippen LogP contribution in [0.2, 0.25) is 0 Å². The Kier molecular flexibility index (Phi) is 5.05. The predicted octanol–water partition coefficient (Wildman–Crippen LogP) is 4.73. The lowest BCUT2D eigenvalue weighted by Crippen LogP contribution is -2.15. The van der Waals surface area contributed by atoms with Crippen molar-refractivity contribution in [3.63, 3.8) is 0 Å². The molecule has 0 aromatic heterocycles. The Morgan fingerprint density at radius 3 is 2.28 bits per heavy atom. The highest BCUT2D eigenvalue weighted by Gasteiger charge is 2.12. The van der Waals surface area contributed by atoms with Gasteiger partial charge >= 0.3 is 0 Å². The third kappa shape index (κ3) is 5.09. The summed E-state index contributed by atoms with van der Waals surface area (Å²) in [5.41, 5.74) is 2.36. The van der Waals surface area contributed by atoms with Gasteiger partial charge in [0, 0.05) is 6.07 Å². The van der Waals surface area contributed by atoms with E-state index in [1.54, 1.807) is 36.4 Å². The van der Waals surface area contributed by atoms with E-state index >= 15 is 0 Å². The molecule has 0 saturated carbocycles. The van der Waals surface area contributed by atoms with Crippen LogP contribution in [0.1, 0.15) is 11.1 Å². The minimum atomic E-state index is -3.49. The van der Waals surface area contributed by atoms with Crippen molar-refractivity contribution in [3.8, 4) is 11.5 Å². The first-order valence-corrected chi connectivity index (χ1v) is 9.54. The van der Waals surface area contributed by atoms with Crippen LogP contribution in [0.25, 0.3) is 0 Å². The molecule has 0 radical (unpaired) electrons. The summed E-state index contributed by atoms with van der Waals surface area (Å²) in [5.74, 6) is 1.20. The van der Waals surface area contributed by atoms with E-state index in [2.05, 4.69) is 4.72 Å². The SMILES string of the molecule is Cc1ccc(Oc2cccc(NS(=O)(=O)Cc3ccccc3)c2)cc1. The first-order chi connectivity index (χ1) is 12.0. The summed E-state index contributed by atoms with van der Waals surface area (Å²) < 4.78 is 33.0. The van der Waals surface area contributed by atoms with E-state index in [-0.39, 0.29) is 5.75 Å². The molecular formula is C20H19NO3S. The molecule has 0 saturated heterocycles. The summed E-state index contributed by atoms with van der Waals surface area (Å²) in [7, 11) is -3.49. The second-order valence-electron chi connectivity index (χ2n) is 5.79. The fraction of sp³-hybridized carbons (Fsp3) is 0.100. The van der Waals surface area contributed by atoms with Crippen molar-refractivity contribution < 1.29 is 13.2 Å². The van der Waals surface area contributed by atoms with Crippen molar-refractivity contribution in [2.75, 3.05) is 4.72 Å². The Morgan fingerprint density at radius 1 is 0.840 bits per heavy atom. The minimum absolute atomic E-state index is 0.0725. The Balaban J connectivity index is 1.71. The van der Waals surface area contributed by atoms with Crippen LogP contribution in [-0.4, -0.2) is 8.42 Å². The van der Waals surface area contributed by atoms with Gasteiger partial charge in [0.25, 0.3) is 0 Å². The van der Waals surface area contributed by atoms with Crippen LogP contribution in [0, 0.1) is 6.92 Å². The number of rotatable bonds is 6. The molecule has 5 heteroatoms. The molecule has 25 heavy (non-hydrogen) atoms. The lowest BCUT2D eigenvalue weighted by Gasteiger charge is -2.10. The third-order valence-corrected chi connectivity index (χ3v) is 4.82. The maximum Gasteiger partial charge on any atom is 0.236 e. The summed E-state index contributed by atoms with van der Waals surface area (Å²) in [6, 6.07) is 23.7. The van der Waals surface area contributed by atoms with Crippen LogP contribution in [0.3, 0.4) is 0 Å². The average Bonchev–Trinajstić information content (AvgIpc) is 2.57. The zero-order valence-corrected chi connectivity index (χ0v) is 14.7. The topological polar surface area (TPSA) is 55.4 Å². The van der Waals surface area contributed by atoms with Crippen molar-refractivity contribution in [2.24, 2.45) is 0 Å². The van der Waals surface area contributed by atoms with Gasteiger partial charge in [0.15, 0.2) is 0 Å². The Morgan fingerprint density at radius 2 is 1.56 bits per heavy atom. The number of anilines is 1. The van der Waals surface area contributed by atoms with E-state index in [0.717, 1.165) is 11.1 Å². The zero-order chi connectivity index (χ0) is 17.7. The van der Waals surface area contributed by atoms with Gasteiger partial charge in [-0.1, -0.05) is 54.1 Å². The van der Waals surface area contributed by atoms with Crippen LogP contribution in [-0.2, 0) is 15.8 Å². The number of benzene rings is 3. The van der Waals surface area contributed by atoms with E-state index < -0.39 is 10.0 Å². The molecule has 1 N–H and O–H groups in total. The Bertz CT molecular complexity index is 936. The van der Waals surface area contributed by atoms with E-state index in [9.17, 15) is 8.42 Å². The Hall–Kier alpha value is -2.79. The number of sulfonamides is 1. The van der Waals surface area contributed by atoms with Gasteiger partial charge in [-0.3, -0.25) is 4.72 Å². The maximum atomic E-state index is 12.3. The van der Waals surface area contributed by atoms with Gasteiger partial charge in [-0.05, 0) is 36.8 Å². The first kappa shape index (κ1) is 17.0. The number of nitrogens with one attached hydrogen (secondary N) is 1. The van der Waals surface area contributed by atoms with Gasteiger partial charge in [-0.2, -0.15) is 0 Å². The molecule has 128 valence electrons. The Labute approximate surface area is 148 Å². The quantitative estimate of drug-likeness (QED) is 0.697. The summed E-state index contributed by atoms with van der Waals surface area (Å²) in [4.78, 5) is 0. The predicted molar refractivity (Wildman–Crippen MR) is 100 cm³/mol. The second-order valence-corrected chi connectivity index (χ2v) is 7.51. The second kappa shape index (κ2) is 7.40. The highest BCUT2D eigenvalue weighted by molar-refractivity contribution is 7.91. The molecule has 0 fully saturated rings. The smallest absolute Gasteiger partial charge is 0.236 e. The molecule has 0 heterocycles. The molecule has 0 aliphatic carbocycles. The van der Waals surface area contributed by atoms with Gasteiger partial charge in [0.1, 0.15) is 11.5 Å². The van der Waals surface area contributed by atoms with E-state index in [4.69, 9.17) is 4.74 Å². The molecule has 4 nitrogen and oxygen atoms in total. The molecule has 0 bridgehead atoms. The molecular weight excluding hydrogens is 334 g/mol. The minimum Gasteiger partial charge on any atom is -0.457 e. The van der Waals surface area contributed by atoms with Crippen LogP contribution in [0.5, 0.6) is 11.5 Å². The van der Waals surface area contributed by atoms with Gasteiger partial charge in [-0.25, -0.2) is 8.42 Å². The highest BCUT2D eigenvalue weighted by Crippen LogP contribution is 2.25. The van der Waals surface area contributed by atoms with Crippen LogP contribution in [0.4, 0.5) is 5.69 Å². The zero-order valence-electron chi connectivity index (χ0n) is 13.8. The van der Waals surface area contributed by atoms with E-state index in [1.165, 1.54) is 0 Å². The van der Waals surface area contributed by atoms with E-state index in [1.807, 2.05) is 49.4 Å². The molecule has 3 rings (SSSR count). The maximum absolute atomic E-state index is 12.3. The highest BCUT2D eigenvalue weighted by atomic mass is 32.2. The van der Waals surface area contributed by atoms with Crippen molar-refractivity contribution in [3.05, 3.63) is 90.0 Å². The standard InChI is InChI=1S/C20H19NO3S/c1-16-10-12-19(13-11-16)24-20-9-5-8-18(14-20)21-25(22,23)15-17-6-3-2-4-7-17/h2-14,21H,15H2,1H3. The summed E-state index contributed by atoms with van der Waals surface area (Å²) in [6.45, 7) is 2.01. The molecule has 3 aromatic carbocycles. The lowest BCUT2D eigenvalue weighted by atomic mass is 10.2. The average molecular weight is 353 g/mol. The molecule has 0 atom stereocenters. The molecule has 0 aliphatic rings. The molecule has 0 aliphatic heterocycles. The van der Waals surface area contributed by atoms with Crippen molar-refractivity contribution >= 4 is 15.7 Å². The first-order valence-electron chi connectivity index (χ1n) is 7.89. The van der Waals surface area contributed by atoms with Gasteiger partial charge in [-0.15, -0.1) is 0 Å². The lowest BCUT2D eigenvalue weighted by molar-refractivity contribution is 0.483. The largest absolute Gasteiger partial charge is 0.457 e. The normalized spacial score (nSPS) is 11.1. The summed E-state index contributed by atoms with van der Waals surface area (Å²) in [6.07, 6.45) is 0. The van der Waals surface area contributed by atoms with Crippen LogP contribution < -0.4 is 9.46 Å². The van der Waals surface area contributed by atoms with Crippen LogP contribution in [0.15, 0.2) is 78.9 Å². The molecule has 0 spiro atoms. The third-order valence-electron chi connectivity index (χ3n) is 3.56. The number of hydrogen-bond donors (Lipinski definition) is 1. The fourth-order valence-electron chi connectivity index (χ4n) is 2.37. The molecule has 0 amide bonds. The van der Waals surface area contributed by atoms with Crippen molar-refractivity contribution in [2.45, 2.75) is 12.7 Å². The monoisotopic (exact) mass is 353 g/mol. The van der Waals surface area contributed by atoms with Crippen molar-refractivity contribution in [1.29, 1.82) is 0 Å². The van der Waals surface area contributed by atoms with Gasteiger partial charge in [0.05, 0.1) is 11.4 Å². The van der Waals surface area contributed by atoms with Crippen LogP contribution >= 0.6 is 0 Å². The summed E-state index contributed by atoms with van der Waals surface area (Å²) >= 11 is 0. The van der Waals surface area contributed by atoms with Gasteiger partial charge in [0.2, 0.25) is 10.0 Å². The fourth-order valence-corrected chi connectivity index (χ4v) is 3.56. The molecule has 3 aromatic rings. The van der Waals surface area contributed by atoms with E-state index in [0.29, 0.717) is 17.2 Å². The van der Waals surface area contributed by atoms with Gasteiger partial charge < -0.3 is 4.74 Å². The number of hydrogen-bond acceptors (Lipinski definition) is 3. The summed E-state index contributed by atoms with van der Waals surface area (Å²) in [5, 5.41) is 0. The number of ether oxygens (including phenoxy) is 1.